The molecule has 0 radical (unpaired) electrons. The van der Waals surface area contributed by atoms with Gasteiger partial charge in [0.2, 0.25) is 0 Å². The number of urea groups is 1. The van der Waals surface area contributed by atoms with Gasteiger partial charge >= 0.3 is 6.03 Å². The van der Waals surface area contributed by atoms with Crippen LogP contribution in [0.15, 0.2) is 0 Å². The molecule has 0 rings (SSSR count). The number of hydrogen-bond donors (Lipinski definition) is 1. The van der Waals surface area contributed by atoms with E-state index < -0.39 is 6.03 Å². The molecule has 0 aromatic heterocycles. The topological polar surface area (TPSA) is 32.3 Å². The van der Waals surface area contributed by atoms with Gasteiger partial charge in [0, 0.05) is 30.6 Å². The number of carbonyl (C=O) groups is 1. The molecule has 0 atom stereocenters. The van der Waals surface area contributed by atoms with E-state index in [4.69, 9.17) is 23.6 Å². The van der Waals surface area contributed by atoms with Crippen LogP contribution in [0.1, 0.15) is 0 Å². The molecule has 0 fully saturated rings. The minimum atomic E-state index is -0.539. The molecular weight excluding hydrogens is 139 g/mol. The predicted molar refractivity (Wildman–Crippen MR) is 28.0 cm³/mol. The Hall–Kier alpha value is -0.150. The molecule has 0 spiro atoms. The van der Waals surface area contributed by atoms with E-state index in [0.29, 0.717) is 3.94 Å². The normalized spacial score (nSPS) is 7.86. The maximum atomic E-state index is 10.1. The highest BCUT2D eigenvalue weighted by Gasteiger charge is 2.00. The third-order valence-corrected chi connectivity index (χ3v) is 0.674. The SMILES string of the molecule is CNC(=O)N(Cl)Cl. The Morgan fingerprint density at radius 2 is 2.14 bits per heavy atom. The van der Waals surface area contributed by atoms with Crippen LogP contribution in [0.5, 0.6) is 0 Å². The van der Waals surface area contributed by atoms with Crippen molar-refractivity contribution in [1.29, 1.82) is 0 Å². The molecule has 0 aliphatic heterocycles. The van der Waals surface area contributed by atoms with Crippen LogP contribution in [-0.2, 0) is 0 Å². The average Bonchev–Trinajstić information content (AvgIpc) is 1.65. The van der Waals surface area contributed by atoms with Gasteiger partial charge in [-0.3, -0.25) is 0 Å². The monoisotopic (exact) mass is 142 g/mol. The van der Waals surface area contributed by atoms with Gasteiger partial charge in [-0.1, -0.05) is 0 Å². The number of nitrogens with one attached hydrogen (secondary N) is 1. The summed E-state index contributed by atoms with van der Waals surface area (Å²) < 4.78 is 0.417. The molecule has 0 saturated carbocycles. The zero-order chi connectivity index (χ0) is 5.86. The van der Waals surface area contributed by atoms with E-state index in [9.17, 15) is 4.79 Å². The second-order valence-electron chi connectivity index (χ2n) is 0.788. The van der Waals surface area contributed by atoms with E-state index in [2.05, 4.69) is 5.32 Å². The number of carbonyl (C=O) groups excluding carboxylic acids is 1. The number of amides is 2. The lowest BCUT2D eigenvalue weighted by atomic mass is 11.0. The number of hydrogen-bond acceptors (Lipinski definition) is 1. The van der Waals surface area contributed by atoms with Crippen LogP contribution in [0.3, 0.4) is 0 Å². The second-order valence-corrected chi connectivity index (χ2v) is 1.64. The van der Waals surface area contributed by atoms with Gasteiger partial charge in [-0.25, -0.2) is 4.79 Å². The van der Waals surface area contributed by atoms with Crippen molar-refractivity contribution in [3.05, 3.63) is 0 Å². The first-order valence-corrected chi connectivity index (χ1v) is 2.19. The van der Waals surface area contributed by atoms with E-state index in [-0.39, 0.29) is 0 Å². The van der Waals surface area contributed by atoms with Crippen LogP contribution in [-0.4, -0.2) is 17.0 Å². The van der Waals surface area contributed by atoms with Crippen LogP contribution < -0.4 is 5.32 Å². The molecule has 0 aliphatic carbocycles. The van der Waals surface area contributed by atoms with Crippen molar-refractivity contribution < 1.29 is 4.79 Å². The third kappa shape index (κ3) is 2.53. The smallest absolute Gasteiger partial charge is 0.339 e. The second kappa shape index (κ2) is 2.93. The molecule has 0 aliphatic rings. The van der Waals surface area contributed by atoms with Crippen molar-refractivity contribution in [3.8, 4) is 0 Å². The van der Waals surface area contributed by atoms with E-state index in [1.54, 1.807) is 0 Å². The van der Waals surface area contributed by atoms with Crippen LogP contribution in [0.4, 0.5) is 4.79 Å². The summed E-state index contributed by atoms with van der Waals surface area (Å²) in [4.78, 5) is 10.1. The zero-order valence-corrected chi connectivity index (χ0v) is 5.12. The summed E-state index contributed by atoms with van der Waals surface area (Å²) in [5.41, 5.74) is 0. The lowest BCUT2D eigenvalue weighted by molar-refractivity contribution is 0.239. The Labute approximate surface area is 51.4 Å². The fourth-order valence-electron chi connectivity index (χ4n) is 0.0845. The minimum Gasteiger partial charge on any atom is -0.339 e. The fraction of sp³-hybridized carbons (Fsp3) is 0.500. The first-order valence-electron chi connectivity index (χ1n) is 1.52. The van der Waals surface area contributed by atoms with Crippen molar-refractivity contribution in [2.75, 3.05) is 7.05 Å². The van der Waals surface area contributed by atoms with E-state index >= 15 is 0 Å². The first kappa shape index (κ1) is 6.85. The third-order valence-electron chi connectivity index (χ3n) is 0.367. The molecule has 42 valence electrons. The molecule has 1 N–H and O–H groups in total. The first-order chi connectivity index (χ1) is 3.18. The van der Waals surface area contributed by atoms with Gasteiger partial charge in [-0.15, -0.1) is 3.94 Å². The average molecular weight is 143 g/mol. The summed E-state index contributed by atoms with van der Waals surface area (Å²) in [6, 6.07) is -0.539. The number of rotatable bonds is 0. The van der Waals surface area contributed by atoms with Gasteiger partial charge in [-0.05, 0) is 0 Å². The molecule has 2 amide bonds. The Kier molecular flexibility index (Phi) is 2.87. The number of nitrogens with zero attached hydrogens (tertiary/aromatic N) is 1. The summed E-state index contributed by atoms with van der Waals surface area (Å²) in [6.45, 7) is 0. The van der Waals surface area contributed by atoms with Crippen molar-refractivity contribution >= 4 is 29.6 Å². The highest BCUT2D eigenvalue weighted by atomic mass is 35.5. The molecule has 0 heterocycles. The Bertz CT molecular complexity index is 74.1. The maximum absolute atomic E-state index is 10.1. The Morgan fingerprint density at radius 3 is 2.14 bits per heavy atom. The fourth-order valence-corrected chi connectivity index (χ4v) is 0.254. The predicted octanol–water partition coefficient (Wildman–Crippen LogP) is 0.935. The van der Waals surface area contributed by atoms with E-state index in [1.807, 2.05) is 0 Å². The summed E-state index contributed by atoms with van der Waals surface area (Å²) in [6.07, 6.45) is 0. The van der Waals surface area contributed by atoms with Crippen LogP contribution >= 0.6 is 23.6 Å². The lowest BCUT2D eigenvalue weighted by Gasteiger charge is -1.98. The summed E-state index contributed by atoms with van der Waals surface area (Å²) >= 11 is 9.83. The van der Waals surface area contributed by atoms with Gasteiger partial charge in [0.15, 0.2) is 0 Å². The summed E-state index contributed by atoms with van der Waals surface area (Å²) in [7, 11) is 1.43. The molecule has 0 aromatic rings. The maximum Gasteiger partial charge on any atom is 0.347 e. The van der Waals surface area contributed by atoms with Gasteiger partial charge < -0.3 is 5.32 Å². The van der Waals surface area contributed by atoms with Gasteiger partial charge in [0.1, 0.15) is 0 Å². The molecule has 0 saturated heterocycles. The highest BCUT2D eigenvalue weighted by molar-refractivity contribution is 6.41. The highest BCUT2D eigenvalue weighted by Crippen LogP contribution is 1.96. The Balaban J connectivity index is 3.35. The quantitative estimate of drug-likeness (QED) is 0.502. The summed E-state index contributed by atoms with van der Waals surface area (Å²) in [5.74, 6) is 0. The molecule has 5 heteroatoms. The van der Waals surface area contributed by atoms with Crippen LogP contribution in [0, 0.1) is 0 Å². The minimum absolute atomic E-state index is 0.417. The van der Waals surface area contributed by atoms with Crippen molar-refractivity contribution in [2.24, 2.45) is 0 Å². The van der Waals surface area contributed by atoms with Gasteiger partial charge in [0.25, 0.3) is 0 Å². The Morgan fingerprint density at radius 1 is 1.71 bits per heavy atom. The largest absolute Gasteiger partial charge is 0.347 e. The standard InChI is InChI=1S/C2H4Cl2N2O/c1-5-2(7)6(3)4/h1H3,(H,5,7). The van der Waals surface area contributed by atoms with E-state index in [1.165, 1.54) is 7.05 Å². The van der Waals surface area contributed by atoms with Crippen LogP contribution in [0.25, 0.3) is 0 Å². The molecule has 7 heavy (non-hydrogen) atoms. The van der Waals surface area contributed by atoms with Gasteiger partial charge in [0.05, 0.1) is 0 Å². The van der Waals surface area contributed by atoms with Gasteiger partial charge in [-0.2, -0.15) is 0 Å². The molecule has 3 nitrogen and oxygen atoms in total. The molecule has 0 unspecified atom stereocenters. The van der Waals surface area contributed by atoms with E-state index in [0.717, 1.165) is 0 Å². The molecule has 0 aromatic carbocycles. The zero-order valence-electron chi connectivity index (χ0n) is 3.61. The summed E-state index contributed by atoms with van der Waals surface area (Å²) in [5, 5.41) is 2.19. The lowest BCUT2D eigenvalue weighted by Crippen LogP contribution is -2.24. The number of halogens is 2. The molecule has 0 bridgehead atoms. The molecular formula is C2H4Cl2N2O. The van der Waals surface area contributed by atoms with Crippen molar-refractivity contribution in [3.63, 3.8) is 0 Å². The van der Waals surface area contributed by atoms with Crippen LogP contribution in [0.2, 0.25) is 0 Å². The van der Waals surface area contributed by atoms with Crippen molar-refractivity contribution in [1.82, 2.24) is 9.25 Å². The van der Waals surface area contributed by atoms with Crippen molar-refractivity contribution in [2.45, 2.75) is 0 Å².